The van der Waals surface area contributed by atoms with E-state index in [9.17, 15) is 0 Å². The van der Waals surface area contributed by atoms with Crippen molar-refractivity contribution in [3.8, 4) is 0 Å². The molecule has 2 N–H and O–H groups in total. The van der Waals surface area contributed by atoms with E-state index in [1.165, 1.54) is 24.1 Å². The molecule has 0 spiro atoms. The Morgan fingerprint density at radius 2 is 2.17 bits per heavy atom. The van der Waals surface area contributed by atoms with Gasteiger partial charge in [-0.1, -0.05) is 12.1 Å². The molecule has 2 saturated heterocycles. The van der Waals surface area contributed by atoms with Gasteiger partial charge in [-0.05, 0) is 43.9 Å². The number of benzene rings is 1. The van der Waals surface area contributed by atoms with Crippen LogP contribution in [0, 0.1) is 0 Å². The molecule has 0 saturated carbocycles. The molecule has 1 aromatic rings. The predicted molar refractivity (Wildman–Crippen MR) is 110 cm³/mol. The molecule has 3 rings (SSSR count). The number of ether oxygens (including phenoxy) is 1. The third-order valence-electron chi connectivity index (χ3n) is 4.62. The molecule has 134 valence electrons. The average molecular weight is 444 g/mol. The fraction of sp³-hybridized carbons (Fsp3) is 0.611. The van der Waals surface area contributed by atoms with Gasteiger partial charge in [0.05, 0.1) is 24.8 Å². The Morgan fingerprint density at radius 1 is 1.33 bits per heavy atom. The molecule has 3 unspecified atom stereocenters. The molecule has 2 heterocycles. The van der Waals surface area contributed by atoms with Gasteiger partial charge in [0, 0.05) is 26.3 Å². The lowest BCUT2D eigenvalue weighted by Crippen LogP contribution is -2.47. The number of hydrogen-bond acceptors (Lipinski definition) is 3. The van der Waals surface area contributed by atoms with Crippen LogP contribution < -0.4 is 15.5 Å². The van der Waals surface area contributed by atoms with Crippen LogP contribution >= 0.6 is 24.0 Å². The highest BCUT2D eigenvalue weighted by Gasteiger charge is 2.41. The van der Waals surface area contributed by atoms with Gasteiger partial charge < -0.3 is 20.3 Å². The number of rotatable bonds is 5. The first-order chi connectivity index (χ1) is 11.2. The van der Waals surface area contributed by atoms with Crippen molar-refractivity contribution in [2.24, 2.45) is 4.99 Å². The van der Waals surface area contributed by atoms with E-state index in [4.69, 9.17) is 9.73 Å². The normalized spacial score (nSPS) is 25.3. The van der Waals surface area contributed by atoms with Crippen LogP contribution in [0.2, 0.25) is 0 Å². The molecule has 24 heavy (non-hydrogen) atoms. The van der Waals surface area contributed by atoms with Gasteiger partial charge in [-0.25, -0.2) is 4.99 Å². The summed E-state index contributed by atoms with van der Waals surface area (Å²) >= 11 is 0. The van der Waals surface area contributed by atoms with E-state index in [1.54, 1.807) is 0 Å². The summed E-state index contributed by atoms with van der Waals surface area (Å²) in [5.41, 5.74) is 2.43. The molecule has 2 bridgehead atoms. The summed E-state index contributed by atoms with van der Waals surface area (Å²) in [6, 6.07) is 8.92. The van der Waals surface area contributed by atoms with Gasteiger partial charge in [-0.2, -0.15) is 0 Å². The summed E-state index contributed by atoms with van der Waals surface area (Å²) in [5.74, 6) is 0.893. The SMILES string of the molecule is CCNC(=NCc1cccc(N(C)C)c1)NC1CC2CCC1O2.I. The van der Waals surface area contributed by atoms with Gasteiger partial charge in [0.2, 0.25) is 0 Å². The lowest BCUT2D eigenvalue weighted by atomic mass is 9.96. The lowest BCUT2D eigenvalue weighted by molar-refractivity contribution is 0.0992. The first-order valence-electron chi connectivity index (χ1n) is 8.62. The standard InChI is InChI=1S/C18H28N4O.HI/c1-4-19-18(21-16-11-15-8-9-17(16)23-15)20-12-13-6-5-7-14(10-13)22(2)3;/h5-7,10,15-17H,4,8-9,11-12H2,1-3H3,(H2,19,20,21);1H. The third-order valence-corrected chi connectivity index (χ3v) is 4.62. The quantitative estimate of drug-likeness (QED) is 0.417. The average Bonchev–Trinajstić information content (AvgIpc) is 3.16. The highest BCUT2D eigenvalue weighted by molar-refractivity contribution is 14.0. The van der Waals surface area contributed by atoms with Crippen molar-refractivity contribution in [1.82, 2.24) is 10.6 Å². The molecular formula is C18H29IN4O. The molecule has 0 radical (unpaired) electrons. The molecule has 0 aliphatic carbocycles. The van der Waals surface area contributed by atoms with Crippen molar-refractivity contribution < 1.29 is 4.74 Å². The van der Waals surface area contributed by atoms with E-state index < -0.39 is 0 Å². The van der Waals surface area contributed by atoms with Gasteiger partial charge in [-0.3, -0.25) is 0 Å². The molecular weight excluding hydrogens is 415 g/mol. The Balaban J connectivity index is 0.00000208. The van der Waals surface area contributed by atoms with Crippen LogP contribution in [-0.2, 0) is 11.3 Å². The van der Waals surface area contributed by atoms with E-state index in [-0.39, 0.29) is 24.0 Å². The van der Waals surface area contributed by atoms with Crippen LogP contribution in [0.3, 0.4) is 0 Å². The molecule has 0 aromatic heterocycles. The minimum atomic E-state index is 0. The number of halogens is 1. The van der Waals surface area contributed by atoms with Crippen LogP contribution in [0.4, 0.5) is 5.69 Å². The van der Waals surface area contributed by atoms with Crippen LogP contribution in [0.25, 0.3) is 0 Å². The zero-order chi connectivity index (χ0) is 16.2. The van der Waals surface area contributed by atoms with Crippen molar-refractivity contribution >= 4 is 35.6 Å². The second kappa shape index (κ2) is 8.89. The van der Waals surface area contributed by atoms with Crippen LogP contribution in [0.15, 0.2) is 29.3 Å². The number of nitrogens with one attached hydrogen (secondary N) is 2. The highest BCUT2D eigenvalue weighted by atomic mass is 127. The molecule has 2 aliphatic rings. The number of aliphatic imine (C=N–C) groups is 1. The molecule has 1 aromatic carbocycles. The van der Waals surface area contributed by atoms with Crippen molar-refractivity contribution in [3.05, 3.63) is 29.8 Å². The van der Waals surface area contributed by atoms with Crippen LogP contribution in [0.1, 0.15) is 31.7 Å². The smallest absolute Gasteiger partial charge is 0.191 e. The highest BCUT2D eigenvalue weighted by Crippen LogP contribution is 2.34. The van der Waals surface area contributed by atoms with Crippen LogP contribution in [-0.4, -0.2) is 44.8 Å². The first-order valence-corrected chi connectivity index (χ1v) is 8.62. The summed E-state index contributed by atoms with van der Waals surface area (Å²) in [4.78, 5) is 6.87. The monoisotopic (exact) mass is 444 g/mol. The minimum absolute atomic E-state index is 0. The first kappa shape index (κ1) is 19.3. The Labute approximate surface area is 162 Å². The Bertz CT molecular complexity index is 564. The van der Waals surface area contributed by atoms with Crippen molar-refractivity contribution in [1.29, 1.82) is 0 Å². The summed E-state index contributed by atoms with van der Waals surface area (Å²) in [7, 11) is 4.12. The summed E-state index contributed by atoms with van der Waals surface area (Å²) < 4.78 is 5.92. The van der Waals surface area contributed by atoms with Gasteiger partial charge in [0.25, 0.3) is 0 Å². The third kappa shape index (κ3) is 4.75. The maximum Gasteiger partial charge on any atom is 0.191 e. The Kier molecular flexibility index (Phi) is 7.16. The van der Waals surface area contributed by atoms with Gasteiger partial charge in [-0.15, -0.1) is 24.0 Å². The molecule has 0 amide bonds. The molecule has 2 aliphatic heterocycles. The topological polar surface area (TPSA) is 48.9 Å². The van der Waals surface area contributed by atoms with Crippen molar-refractivity contribution in [2.45, 2.75) is 51.0 Å². The summed E-state index contributed by atoms with van der Waals surface area (Å²) in [5, 5.41) is 6.91. The predicted octanol–water partition coefficient (Wildman–Crippen LogP) is 2.75. The van der Waals surface area contributed by atoms with E-state index in [0.29, 0.717) is 24.8 Å². The largest absolute Gasteiger partial charge is 0.378 e. The van der Waals surface area contributed by atoms with Gasteiger partial charge in [0.1, 0.15) is 0 Å². The number of hydrogen-bond donors (Lipinski definition) is 2. The Morgan fingerprint density at radius 3 is 2.79 bits per heavy atom. The zero-order valence-electron chi connectivity index (χ0n) is 14.8. The molecule has 6 heteroatoms. The minimum Gasteiger partial charge on any atom is -0.378 e. The second-order valence-electron chi connectivity index (χ2n) is 6.62. The van der Waals surface area contributed by atoms with E-state index in [0.717, 1.165) is 18.9 Å². The van der Waals surface area contributed by atoms with E-state index >= 15 is 0 Å². The number of fused-ring (bicyclic) bond motifs is 2. The van der Waals surface area contributed by atoms with Gasteiger partial charge >= 0.3 is 0 Å². The number of nitrogens with zero attached hydrogens (tertiary/aromatic N) is 2. The fourth-order valence-corrected chi connectivity index (χ4v) is 3.39. The lowest BCUT2D eigenvalue weighted by Gasteiger charge is -2.22. The summed E-state index contributed by atoms with van der Waals surface area (Å²) in [6.07, 6.45) is 4.31. The molecule has 5 nitrogen and oxygen atoms in total. The number of anilines is 1. The Hall–Kier alpha value is -1.02. The van der Waals surface area contributed by atoms with Gasteiger partial charge in [0.15, 0.2) is 5.96 Å². The van der Waals surface area contributed by atoms with Crippen molar-refractivity contribution in [3.63, 3.8) is 0 Å². The maximum absolute atomic E-state index is 5.92. The van der Waals surface area contributed by atoms with E-state index in [1.807, 2.05) is 0 Å². The molecule has 2 fully saturated rings. The maximum atomic E-state index is 5.92. The van der Waals surface area contributed by atoms with Crippen LogP contribution in [0.5, 0.6) is 0 Å². The van der Waals surface area contributed by atoms with E-state index in [2.05, 4.69) is 60.8 Å². The van der Waals surface area contributed by atoms with Crippen molar-refractivity contribution in [2.75, 3.05) is 25.5 Å². The number of guanidine groups is 1. The molecule has 3 atom stereocenters. The second-order valence-corrected chi connectivity index (χ2v) is 6.62. The summed E-state index contributed by atoms with van der Waals surface area (Å²) in [6.45, 7) is 3.64. The zero-order valence-corrected chi connectivity index (χ0v) is 17.1. The fourth-order valence-electron chi connectivity index (χ4n) is 3.39.